The van der Waals surface area contributed by atoms with Crippen molar-refractivity contribution in [1.29, 1.82) is 0 Å². The molecule has 22 heavy (non-hydrogen) atoms. The molecule has 0 spiro atoms. The molecule has 0 saturated carbocycles. The predicted octanol–water partition coefficient (Wildman–Crippen LogP) is 2.28. The first-order chi connectivity index (χ1) is 10.7. The first-order valence-electron chi connectivity index (χ1n) is 7.86. The molecule has 1 aliphatic heterocycles. The lowest BCUT2D eigenvalue weighted by atomic mass is 10.0. The zero-order valence-corrected chi connectivity index (χ0v) is 13.3. The fraction of sp³-hybridized carbons (Fsp3) is 0.471. The van der Waals surface area contributed by atoms with Gasteiger partial charge in [-0.15, -0.1) is 0 Å². The second kappa shape index (κ2) is 6.83. The Morgan fingerprint density at radius 1 is 1.18 bits per heavy atom. The molecule has 1 saturated heterocycles. The number of rotatable bonds is 4. The Morgan fingerprint density at radius 3 is 2.68 bits per heavy atom. The second-order valence-corrected chi connectivity index (χ2v) is 5.95. The number of piperidine rings is 1. The largest absolute Gasteiger partial charge is 0.356 e. The van der Waals surface area contributed by atoms with Crippen LogP contribution >= 0.6 is 0 Å². The van der Waals surface area contributed by atoms with Crippen LogP contribution in [0.1, 0.15) is 24.1 Å². The van der Waals surface area contributed by atoms with Crippen molar-refractivity contribution in [3.05, 3.63) is 48.2 Å². The van der Waals surface area contributed by atoms with Crippen LogP contribution in [0.3, 0.4) is 0 Å². The van der Waals surface area contributed by atoms with E-state index in [1.165, 1.54) is 11.3 Å². The Labute approximate surface area is 132 Å². The molecular weight excluding hydrogens is 274 g/mol. The van der Waals surface area contributed by atoms with Gasteiger partial charge in [0.05, 0.1) is 5.69 Å². The summed E-state index contributed by atoms with van der Waals surface area (Å²) < 4.78 is 0. The molecule has 0 radical (unpaired) electrons. The lowest BCUT2D eigenvalue weighted by molar-refractivity contribution is 0.201. The summed E-state index contributed by atoms with van der Waals surface area (Å²) in [6.45, 7) is 5.31. The van der Waals surface area contributed by atoms with E-state index in [0.717, 1.165) is 38.3 Å². The Balaban J connectivity index is 1.55. The smallest absolute Gasteiger partial charge is 0.131 e. The number of hydrogen-bond donors (Lipinski definition) is 0. The van der Waals surface area contributed by atoms with Crippen LogP contribution in [0.2, 0.25) is 0 Å². The number of aromatic nitrogens is 3. The summed E-state index contributed by atoms with van der Waals surface area (Å²) in [5, 5.41) is 0. The van der Waals surface area contributed by atoms with Gasteiger partial charge in [0.1, 0.15) is 12.1 Å². The number of likely N-dealkylation sites (tertiary alicyclic amines) is 1. The van der Waals surface area contributed by atoms with Crippen LogP contribution < -0.4 is 4.90 Å². The summed E-state index contributed by atoms with van der Waals surface area (Å²) in [6.07, 6.45) is 7.62. The molecule has 0 atom stereocenters. The normalized spacial score (nSPS) is 16.6. The van der Waals surface area contributed by atoms with Crippen molar-refractivity contribution in [2.75, 3.05) is 25.0 Å². The molecule has 1 aliphatic rings. The number of pyridine rings is 1. The molecule has 0 amide bonds. The van der Waals surface area contributed by atoms with Crippen molar-refractivity contribution in [3.63, 3.8) is 0 Å². The summed E-state index contributed by atoms with van der Waals surface area (Å²) in [4.78, 5) is 17.6. The van der Waals surface area contributed by atoms with Gasteiger partial charge in [-0.25, -0.2) is 9.97 Å². The molecule has 2 aromatic rings. The lowest BCUT2D eigenvalue weighted by Gasteiger charge is -2.37. The van der Waals surface area contributed by atoms with Crippen LogP contribution in [0.25, 0.3) is 0 Å². The lowest BCUT2D eigenvalue weighted by Crippen LogP contribution is -2.43. The molecule has 2 aromatic heterocycles. The number of anilines is 1. The topological polar surface area (TPSA) is 45.2 Å². The molecular formula is C17H23N5. The zero-order valence-electron chi connectivity index (χ0n) is 13.3. The molecule has 0 aliphatic carbocycles. The Morgan fingerprint density at radius 2 is 2.00 bits per heavy atom. The minimum atomic E-state index is 0.552. The zero-order chi connectivity index (χ0) is 15.4. The second-order valence-electron chi connectivity index (χ2n) is 5.95. The predicted molar refractivity (Wildman–Crippen MR) is 87.7 cm³/mol. The maximum absolute atomic E-state index is 4.51. The first-order valence-corrected chi connectivity index (χ1v) is 7.86. The number of hydrogen-bond acceptors (Lipinski definition) is 5. The number of aryl methyl sites for hydroxylation is 1. The fourth-order valence-electron chi connectivity index (χ4n) is 3.04. The van der Waals surface area contributed by atoms with Crippen molar-refractivity contribution in [2.24, 2.45) is 0 Å². The van der Waals surface area contributed by atoms with E-state index in [9.17, 15) is 0 Å². The van der Waals surface area contributed by atoms with Crippen LogP contribution in [-0.4, -0.2) is 46.0 Å². The van der Waals surface area contributed by atoms with Gasteiger partial charge in [-0.2, -0.15) is 0 Å². The van der Waals surface area contributed by atoms with E-state index in [1.807, 2.05) is 18.3 Å². The van der Waals surface area contributed by atoms with Crippen LogP contribution in [0.5, 0.6) is 0 Å². The maximum atomic E-state index is 4.51. The highest BCUT2D eigenvalue weighted by molar-refractivity contribution is 5.36. The van der Waals surface area contributed by atoms with Crippen molar-refractivity contribution in [1.82, 2.24) is 19.9 Å². The van der Waals surface area contributed by atoms with Crippen LogP contribution in [0.4, 0.5) is 5.82 Å². The van der Waals surface area contributed by atoms with E-state index in [1.54, 1.807) is 12.5 Å². The van der Waals surface area contributed by atoms with Crippen LogP contribution in [-0.2, 0) is 6.54 Å². The minimum absolute atomic E-state index is 0.552. The van der Waals surface area contributed by atoms with Crippen LogP contribution in [0, 0.1) is 6.92 Å². The average Bonchev–Trinajstić information content (AvgIpc) is 2.58. The molecule has 0 N–H and O–H groups in total. The van der Waals surface area contributed by atoms with Gasteiger partial charge in [0.2, 0.25) is 0 Å². The third-order valence-electron chi connectivity index (χ3n) is 4.52. The summed E-state index contributed by atoms with van der Waals surface area (Å²) >= 11 is 0. The van der Waals surface area contributed by atoms with Gasteiger partial charge in [0.15, 0.2) is 0 Å². The Bertz CT molecular complexity index is 593. The van der Waals surface area contributed by atoms with Gasteiger partial charge in [-0.1, -0.05) is 6.07 Å². The molecule has 116 valence electrons. The Kier molecular flexibility index (Phi) is 4.63. The first kappa shape index (κ1) is 14.9. The number of nitrogens with zero attached hydrogens (tertiary/aromatic N) is 5. The highest BCUT2D eigenvalue weighted by Gasteiger charge is 2.23. The van der Waals surface area contributed by atoms with Gasteiger partial charge in [0.25, 0.3) is 0 Å². The standard InChI is InChI=1S/C17H23N5/c1-14-4-3-8-19-16(14)12-22-10-6-15(7-11-22)21(2)17-5-9-18-13-20-17/h3-5,8-9,13,15H,6-7,10-12H2,1-2H3. The average molecular weight is 297 g/mol. The Hall–Kier alpha value is -2.01. The monoisotopic (exact) mass is 297 g/mol. The van der Waals surface area contributed by atoms with Gasteiger partial charge < -0.3 is 4.90 Å². The molecule has 3 rings (SSSR count). The van der Waals surface area contributed by atoms with Crippen LogP contribution in [0.15, 0.2) is 36.9 Å². The maximum Gasteiger partial charge on any atom is 0.131 e. The molecule has 5 nitrogen and oxygen atoms in total. The minimum Gasteiger partial charge on any atom is -0.356 e. The highest BCUT2D eigenvalue weighted by atomic mass is 15.2. The van der Waals surface area contributed by atoms with E-state index in [0.29, 0.717) is 6.04 Å². The highest BCUT2D eigenvalue weighted by Crippen LogP contribution is 2.21. The molecule has 3 heterocycles. The van der Waals surface area contributed by atoms with E-state index in [2.05, 4.69) is 44.8 Å². The molecule has 0 unspecified atom stereocenters. The third kappa shape index (κ3) is 3.42. The van der Waals surface area contributed by atoms with Gasteiger partial charge in [-0.3, -0.25) is 9.88 Å². The van der Waals surface area contributed by atoms with Gasteiger partial charge in [0, 0.05) is 45.1 Å². The van der Waals surface area contributed by atoms with Crippen molar-refractivity contribution >= 4 is 5.82 Å². The fourth-order valence-corrected chi connectivity index (χ4v) is 3.04. The van der Waals surface area contributed by atoms with E-state index in [-0.39, 0.29) is 0 Å². The summed E-state index contributed by atoms with van der Waals surface area (Å²) in [6, 6.07) is 6.67. The third-order valence-corrected chi connectivity index (χ3v) is 4.52. The summed E-state index contributed by atoms with van der Waals surface area (Å²) in [7, 11) is 2.13. The molecule has 5 heteroatoms. The van der Waals surface area contributed by atoms with E-state index >= 15 is 0 Å². The molecule has 1 fully saturated rings. The molecule has 0 bridgehead atoms. The van der Waals surface area contributed by atoms with Crippen molar-refractivity contribution in [3.8, 4) is 0 Å². The van der Waals surface area contributed by atoms with Gasteiger partial charge in [-0.05, 0) is 37.5 Å². The molecule has 0 aromatic carbocycles. The van der Waals surface area contributed by atoms with Gasteiger partial charge >= 0.3 is 0 Å². The SMILES string of the molecule is Cc1cccnc1CN1CCC(N(C)c2ccncn2)CC1. The van der Waals surface area contributed by atoms with Crippen molar-refractivity contribution in [2.45, 2.75) is 32.4 Å². The quantitative estimate of drug-likeness (QED) is 0.866. The van der Waals surface area contributed by atoms with Crippen molar-refractivity contribution < 1.29 is 0 Å². The van der Waals surface area contributed by atoms with E-state index < -0.39 is 0 Å². The van der Waals surface area contributed by atoms with E-state index in [4.69, 9.17) is 0 Å². The summed E-state index contributed by atoms with van der Waals surface area (Å²) in [5.74, 6) is 1.01. The summed E-state index contributed by atoms with van der Waals surface area (Å²) in [5.41, 5.74) is 2.48.